The quantitative estimate of drug-likeness (QED) is 0.432. The van der Waals surface area contributed by atoms with Gasteiger partial charge in [-0.25, -0.2) is 0 Å². The number of carbonyl (C=O) groups excluding carboxylic acids is 1. The minimum absolute atomic E-state index is 0.195. The highest BCUT2D eigenvalue weighted by Gasteiger charge is 2.37. The van der Waals surface area contributed by atoms with Gasteiger partial charge in [0.05, 0.1) is 6.17 Å². The Bertz CT molecular complexity index is 835. The van der Waals surface area contributed by atoms with Crippen molar-refractivity contribution in [3.8, 4) is 0 Å². The molecule has 2 aliphatic carbocycles. The van der Waals surface area contributed by atoms with Gasteiger partial charge in [-0.3, -0.25) is 15.0 Å². The van der Waals surface area contributed by atoms with Gasteiger partial charge < -0.3 is 16.0 Å². The number of thiocarbonyl (C=S) groups is 1. The molecule has 0 bridgehead atoms. The summed E-state index contributed by atoms with van der Waals surface area (Å²) in [6.45, 7) is 4.17. The summed E-state index contributed by atoms with van der Waals surface area (Å²) in [6.07, 6.45) is 11.9. The predicted octanol–water partition coefficient (Wildman–Crippen LogP) is 3.53. The molecule has 3 unspecified atom stereocenters. The third kappa shape index (κ3) is 6.75. The smallest absolute Gasteiger partial charge is 0.223 e. The van der Waals surface area contributed by atoms with Gasteiger partial charge in [0.15, 0.2) is 5.11 Å². The maximum atomic E-state index is 13.0. The second kappa shape index (κ2) is 12.0. The van der Waals surface area contributed by atoms with E-state index in [1.165, 1.54) is 31.2 Å². The van der Waals surface area contributed by atoms with E-state index in [0.29, 0.717) is 36.0 Å². The molecule has 192 valence electrons. The first kappa shape index (κ1) is 25.0. The molecule has 2 saturated heterocycles. The largest absolute Gasteiger partial charge is 0.360 e. The van der Waals surface area contributed by atoms with Gasteiger partial charge in [-0.05, 0) is 81.6 Å². The van der Waals surface area contributed by atoms with Gasteiger partial charge in [0.1, 0.15) is 0 Å². The zero-order valence-corrected chi connectivity index (χ0v) is 21.8. The third-order valence-electron chi connectivity index (χ3n) is 8.88. The summed E-state index contributed by atoms with van der Waals surface area (Å²) in [5.74, 6) is 1.78. The van der Waals surface area contributed by atoms with Gasteiger partial charge in [0.2, 0.25) is 5.91 Å². The number of nitrogens with one attached hydrogen (secondary N) is 4. The van der Waals surface area contributed by atoms with Crippen molar-refractivity contribution in [2.45, 2.75) is 89.0 Å². The molecule has 1 amide bonds. The minimum atomic E-state index is 0.195. The number of piperidine rings is 1. The average molecular weight is 498 g/mol. The lowest BCUT2D eigenvalue weighted by Gasteiger charge is -2.44. The first-order valence-electron chi connectivity index (χ1n) is 14.0. The molecule has 2 saturated carbocycles. The fourth-order valence-corrected chi connectivity index (χ4v) is 7.00. The Morgan fingerprint density at radius 1 is 0.943 bits per heavy atom. The van der Waals surface area contributed by atoms with E-state index in [4.69, 9.17) is 12.2 Å². The van der Waals surface area contributed by atoms with Crippen LogP contribution in [-0.2, 0) is 11.3 Å². The van der Waals surface area contributed by atoms with E-state index >= 15 is 0 Å². The van der Waals surface area contributed by atoms with Crippen LogP contribution >= 0.6 is 12.2 Å². The number of fused-ring (bicyclic) bond motifs is 1. The molecule has 4 aliphatic rings. The number of hydrogen-bond acceptors (Lipinski definition) is 4. The van der Waals surface area contributed by atoms with Gasteiger partial charge in [-0.15, -0.1) is 0 Å². The summed E-state index contributed by atoms with van der Waals surface area (Å²) >= 11 is 5.46. The Hall–Kier alpha value is -1.70. The van der Waals surface area contributed by atoms with Gasteiger partial charge in [0, 0.05) is 43.6 Å². The van der Waals surface area contributed by atoms with Crippen molar-refractivity contribution in [1.82, 2.24) is 26.2 Å². The summed E-state index contributed by atoms with van der Waals surface area (Å²) < 4.78 is 0. The lowest BCUT2D eigenvalue weighted by Crippen LogP contribution is -2.65. The van der Waals surface area contributed by atoms with Gasteiger partial charge in [-0.1, -0.05) is 43.2 Å². The standard InChI is InChI=1S/C28H43N5OS/c34-27(30-23-14-16-33(17-15-23)19-21-6-2-1-3-7-21)22-12-10-20(11-13-22)18-29-26-24-8-4-5-9-25(24)31-28(35)32-26/h1-3,6-7,20,22-26,29H,4-5,8-19H2,(H,30,34)(H2,31,32,35). The number of hydrogen-bond donors (Lipinski definition) is 4. The molecule has 0 radical (unpaired) electrons. The van der Waals surface area contributed by atoms with E-state index in [9.17, 15) is 4.79 Å². The molecule has 1 aromatic rings. The fraction of sp³-hybridized carbons (Fsp3) is 0.714. The summed E-state index contributed by atoms with van der Waals surface area (Å²) in [7, 11) is 0. The molecular weight excluding hydrogens is 454 g/mol. The minimum Gasteiger partial charge on any atom is -0.360 e. The molecule has 7 heteroatoms. The van der Waals surface area contributed by atoms with Crippen molar-refractivity contribution in [2.75, 3.05) is 19.6 Å². The number of likely N-dealkylation sites (tertiary alicyclic amines) is 1. The van der Waals surface area contributed by atoms with Gasteiger partial charge >= 0.3 is 0 Å². The zero-order valence-electron chi connectivity index (χ0n) is 21.0. The molecule has 3 atom stereocenters. The SMILES string of the molecule is O=C(NC1CCN(Cc2ccccc2)CC1)C1CCC(CNC2NC(=S)NC3CCCCC32)CC1. The lowest BCUT2D eigenvalue weighted by atomic mass is 9.80. The predicted molar refractivity (Wildman–Crippen MR) is 145 cm³/mol. The Kier molecular flexibility index (Phi) is 8.58. The maximum absolute atomic E-state index is 13.0. The van der Waals surface area contributed by atoms with Crippen molar-refractivity contribution in [1.29, 1.82) is 0 Å². The highest BCUT2D eigenvalue weighted by molar-refractivity contribution is 7.80. The molecular formula is C28H43N5OS. The molecule has 4 fully saturated rings. The van der Waals surface area contributed by atoms with Crippen LogP contribution in [0.4, 0.5) is 0 Å². The number of rotatable bonds is 7. The van der Waals surface area contributed by atoms with E-state index in [1.54, 1.807) is 0 Å². The van der Waals surface area contributed by atoms with Crippen LogP contribution in [0.2, 0.25) is 0 Å². The lowest BCUT2D eigenvalue weighted by molar-refractivity contribution is -0.127. The summed E-state index contributed by atoms with van der Waals surface area (Å²) in [4.78, 5) is 15.5. The maximum Gasteiger partial charge on any atom is 0.223 e. The summed E-state index contributed by atoms with van der Waals surface area (Å²) in [5, 5.41) is 15.0. The van der Waals surface area contributed by atoms with Crippen LogP contribution in [0.1, 0.15) is 69.8 Å². The van der Waals surface area contributed by atoms with E-state index in [2.05, 4.69) is 56.5 Å². The zero-order chi connectivity index (χ0) is 24.0. The molecule has 2 heterocycles. The van der Waals surface area contributed by atoms with Crippen LogP contribution in [-0.4, -0.2) is 53.8 Å². The first-order valence-corrected chi connectivity index (χ1v) is 14.4. The molecule has 4 N–H and O–H groups in total. The third-order valence-corrected chi connectivity index (χ3v) is 9.11. The number of carbonyl (C=O) groups is 1. The van der Waals surface area contributed by atoms with Crippen LogP contribution in [0, 0.1) is 17.8 Å². The number of nitrogens with zero attached hydrogens (tertiary/aromatic N) is 1. The van der Waals surface area contributed by atoms with Crippen LogP contribution < -0.4 is 21.3 Å². The Balaban J connectivity index is 0.995. The van der Waals surface area contributed by atoms with Crippen molar-refractivity contribution in [3.05, 3.63) is 35.9 Å². The molecule has 2 aliphatic heterocycles. The van der Waals surface area contributed by atoms with Crippen LogP contribution in [0.25, 0.3) is 0 Å². The normalized spacial score (nSPS) is 32.2. The van der Waals surface area contributed by atoms with Crippen LogP contribution in [0.5, 0.6) is 0 Å². The number of benzene rings is 1. The first-order chi connectivity index (χ1) is 17.1. The Morgan fingerprint density at radius 3 is 2.46 bits per heavy atom. The van der Waals surface area contributed by atoms with Crippen molar-refractivity contribution in [3.63, 3.8) is 0 Å². The van der Waals surface area contributed by atoms with Crippen molar-refractivity contribution >= 4 is 23.2 Å². The summed E-state index contributed by atoms with van der Waals surface area (Å²) in [5.41, 5.74) is 1.37. The average Bonchev–Trinajstić information content (AvgIpc) is 2.89. The van der Waals surface area contributed by atoms with Gasteiger partial charge in [-0.2, -0.15) is 0 Å². The fourth-order valence-electron chi connectivity index (χ4n) is 6.72. The molecule has 35 heavy (non-hydrogen) atoms. The Labute approximate surface area is 216 Å². The molecule has 5 rings (SSSR count). The summed E-state index contributed by atoms with van der Waals surface area (Å²) in [6, 6.07) is 11.6. The van der Waals surface area contributed by atoms with E-state index < -0.39 is 0 Å². The van der Waals surface area contributed by atoms with Crippen molar-refractivity contribution < 1.29 is 4.79 Å². The topological polar surface area (TPSA) is 68.4 Å². The van der Waals surface area contributed by atoms with Crippen molar-refractivity contribution in [2.24, 2.45) is 17.8 Å². The van der Waals surface area contributed by atoms with E-state index in [-0.39, 0.29) is 5.92 Å². The molecule has 0 spiro atoms. The number of amides is 1. The molecule has 0 aromatic heterocycles. The molecule has 1 aromatic carbocycles. The second-order valence-corrected chi connectivity index (χ2v) is 11.7. The van der Waals surface area contributed by atoms with Crippen LogP contribution in [0.15, 0.2) is 30.3 Å². The van der Waals surface area contributed by atoms with Crippen LogP contribution in [0.3, 0.4) is 0 Å². The van der Waals surface area contributed by atoms with E-state index in [1.807, 2.05) is 0 Å². The van der Waals surface area contributed by atoms with E-state index in [0.717, 1.165) is 69.8 Å². The highest BCUT2D eigenvalue weighted by Crippen LogP contribution is 2.31. The molecule has 6 nitrogen and oxygen atoms in total. The Morgan fingerprint density at radius 2 is 1.69 bits per heavy atom. The second-order valence-electron chi connectivity index (χ2n) is 11.3. The monoisotopic (exact) mass is 497 g/mol. The van der Waals surface area contributed by atoms with Gasteiger partial charge in [0.25, 0.3) is 0 Å². The highest BCUT2D eigenvalue weighted by atomic mass is 32.1.